The van der Waals surface area contributed by atoms with E-state index in [1.165, 1.54) is 12.5 Å². The molecule has 0 aliphatic carbocycles. The molecule has 0 heterocycles. The molecule has 0 aliphatic rings. The highest BCUT2D eigenvalue weighted by Gasteiger charge is 2.19. The first-order valence-electron chi connectivity index (χ1n) is 5.16. The lowest BCUT2D eigenvalue weighted by Crippen LogP contribution is -2.21. The maximum atomic E-state index is 10.9. The second-order valence-corrected chi connectivity index (χ2v) is 4.91. The predicted molar refractivity (Wildman–Crippen MR) is 59.0 cm³/mol. The normalized spacial score (nSPS) is 11.5. The lowest BCUT2D eigenvalue weighted by Gasteiger charge is -2.24. The van der Waals surface area contributed by atoms with Crippen LogP contribution in [-0.4, -0.2) is 12.6 Å². The van der Waals surface area contributed by atoms with Crippen LogP contribution in [0, 0.1) is 11.3 Å². The molecule has 0 atom stereocenters. The Bertz CT molecular complexity index is 192. The average molecular weight is 198 g/mol. The summed E-state index contributed by atoms with van der Waals surface area (Å²) in [5.41, 5.74) is 0.0724. The summed E-state index contributed by atoms with van der Waals surface area (Å²) in [6.45, 7) is 12.5. The summed E-state index contributed by atoms with van der Waals surface area (Å²) >= 11 is 0. The number of esters is 1. The highest BCUT2D eigenvalue weighted by atomic mass is 16.5. The van der Waals surface area contributed by atoms with E-state index in [4.69, 9.17) is 4.74 Å². The maximum Gasteiger partial charge on any atom is 0.330 e. The van der Waals surface area contributed by atoms with Gasteiger partial charge in [-0.2, -0.15) is 0 Å². The Morgan fingerprint density at radius 2 is 2.07 bits per heavy atom. The van der Waals surface area contributed by atoms with E-state index in [1.807, 2.05) is 0 Å². The van der Waals surface area contributed by atoms with Crippen LogP contribution in [0.25, 0.3) is 0 Å². The molecule has 0 unspecified atom stereocenters. The number of hydrogen-bond donors (Lipinski definition) is 0. The van der Waals surface area contributed by atoms with Gasteiger partial charge in [0.1, 0.15) is 0 Å². The van der Waals surface area contributed by atoms with E-state index in [2.05, 4.69) is 34.3 Å². The van der Waals surface area contributed by atoms with Crippen molar-refractivity contribution in [2.75, 3.05) is 6.61 Å². The Morgan fingerprint density at radius 3 is 2.50 bits per heavy atom. The fraction of sp³-hybridized carbons (Fsp3) is 0.750. The van der Waals surface area contributed by atoms with Crippen LogP contribution in [0.1, 0.15) is 40.5 Å². The first-order chi connectivity index (χ1) is 6.37. The molecule has 0 rings (SSSR count). The molecule has 14 heavy (non-hydrogen) atoms. The van der Waals surface area contributed by atoms with Gasteiger partial charge in [-0.25, -0.2) is 4.79 Å². The molecule has 2 heteroatoms. The Kier molecular flexibility index (Phi) is 5.51. The van der Waals surface area contributed by atoms with Gasteiger partial charge in [-0.3, -0.25) is 0 Å². The lowest BCUT2D eigenvalue weighted by molar-refractivity contribution is -0.140. The van der Waals surface area contributed by atoms with Crippen molar-refractivity contribution in [3.63, 3.8) is 0 Å². The number of ether oxygens (including phenoxy) is 1. The molecule has 0 aliphatic heterocycles. The van der Waals surface area contributed by atoms with Crippen LogP contribution in [0.5, 0.6) is 0 Å². The highest BCUT2D eigenvalue weighted by molar-refractivity contribution is 5.81. The summed E-state index contributed by atoms with van der Waals surface area (Å²) in [7, 11) is 0. The lowest BCUT2D eigenvalue weighted by atomic mass is 9.86. The second-order valence-electron chi connectivity index (χ2n) is 4.91. The van der Waals surface area contributed by atoms with Gasteiger partial charge < -0.3 is 4.74 Å². The molecule has 0 saturated carbocycles. The van der Waals surface area contributed by atoms with Crippen molar-refractivity contribution >= 4 is 5.97 Å². The van der Waals surface area contributed by atoms with Gasteiger partial charge in [-0.05, 0) is 17.8 Å². The van der Waals surface area contributed by atoms with Crippen LogP contribution in [0.4, 0.5) is 0 Å². The summed E-state index contributed by atoms with van der Waals surface area (Å²) in [6.07, 6.45) is 3.45. The van der Waals surface area contributed by atoms with Gasteiger partial charge >= 0.3 is 5.97 Å². The SMILES string of the molecule is C=CC(=O)OCC(C)(C)CCC(C)C. The van der Waals surface area contributed by atoms with Crippen LogP contribution < -0.4 is 0 Å². The Morgan fingerprint density at radius 1 is 1.50 bits per heavy atom. The minimum Gasteiger partial charge on any atom is -0.462 e. The quantitative estimate of drug-likeness (QED) is 0.484. The molecule has 0 saturated heterocycles. The highest BCUT2D eigenvalue weighted by Crippen LogP contribution is 2.25. The van der Waals surface area contributed by atoms with Crippen molar-refractivity contribution in [3.8, 4) is 0 Å². The van der Waals surface area contributed by atoms with Gasteiger partial charge in [0, 0.05) is 6.08 Å². The zero-order valence-corrected chi connectivity index (χ0v) is 9.80. The van der Waals surface area contributed by atoms with Crippen molar-refractivity contribution < 1.29 is 9.53 Å². The third kappa shape index (κ3) is 6.70. The molecule has 0 fully saturated rings. The van der Waals surface area contributed by atoms with E-state index >= 15 is 0 Å². The number of hydrogen-bond acceptors (Lipinski definition) is 2. The third-order valence-corrected chi connectivity index (χ3v) is 2.17. The summed E-state index contributed by atoms with van der Waals surface area (Å²) in [4.78, 5) is 10.9. The van der Waals surface area contributed by atoms with Gasteiger partial charge in [-0.15, -0.1) is 0 Å². The van der Waals surface area contributed by atoms with E-state index in [1.54, 1.807) is 0 Å². The Labute approximate surface area is 87.3 Å². The number of carbonyl (C=O) groups is 1. The van der Waals surface area contributed by atoms with Gasteiger partial charge in [-0.1, -0.05) is 40.7 Å². The van der Waals surface area contributed by atoms with Crippen molar-refractivity contribution in [3.05, 3.63) is 12.7 Å². The van der Waals surface area contributed by atoms with Crippen LogP contribution >= 0.6 is 0 Å². The molecule has 0 N–H and O–H groups in total. The molecular formula is C12H22O2. The molecule has 0 aromatic rings. The molecule has 0 aromatic carbocycles. The van der Waals surface area contributed by atoms with E-state index < -0.39 is 0 Å². The average Bonchev–Trinajstić information content (AvgIpc) is 2.11. The summed E-state index contributed by atoms with van der Waals surface area (Å²) in [5, 5.41) is 0. The van der Waals surface area contributed by atoms with Crippen LogP contribution in [0.15, 0.2) is 12.7 Å². The van der Waals surface area contributed by atoms with E-state index in [-0.39, 0.29) is 11.4 Å². The number of carbonyl (C=O) groups excluding carboxylic acids is 1. The molecule has 0 radical (unpaired) electrons. The smallest absolute Gasteiger partial charge is 0.330 e. The van der Waals surface area contributed by atoms with E-state index in [0.29, 0.717) is 12.5 Å². The van der Waals surface area contributed by atoms with Crippen molar-refractivity contribution in [1.82, 2.24) is 0 Å². The first-order valence-corrected chi connectivity index (χ1v) is 5.16. The Hall–Kier alpha value is -0.790. The fourth-order valence-electron chi connectivity index (χ4n) is 1.08. The molecule has 0 aromatic heterocycles. The van der Waals surface area contributed by atoms with Gasteiger partial charge in [0.25, 0.3) is 0 Å². The largest absolute Gasteiger partial charge is 0.462 e. The second kappa shape index (κ2) is 5.84. The summed E-state index contributed by atoms with van der Waals surface area (Å²) in [5.74, 6) is 0.368. The summed E-state index contributed by atoms with van der Waals surface area (Å²) < 4.78 is 5.03. The van der Waals surface area contributed by atoms with E-state index in [0.717, 1.165) is 6.42 Å². The third-order valence-electron chi connectivity index (χ3n) is 2.17. The van der Waals surface area contributed by atoms with Crippen molar-refractivity contribution in [2.24, 2.45) is 11.3 Å². The fourth-order valence-corrected chi connectivity index (χ4v) is 1.08. The topological polar surface area (TPSA) is 26.3 Å². The molecule has 82 valence electrons. The predicted octanol–water partition coefficient (Wildman–Crippen LogP) is 3.18. The minimum absolute atomic E-state index is 0.0724. The van der Waals surface area contributed by atoms with Crippen molar-refractivity contribution in [1.29, 1.82) is 0 Å². The first kappa shape index (κ1) is 13.2. The van der Waals surface area contributed by atoms with Gasteiger partial charge in [0.05, 0.1) is 6.61 Å². The summed E-state index contributed by atoms with van der Waals surface area (Å²) in [6, 6.07) is 0. The molecule has 0 bridgehead atoms. The minimum atomic E-state index is -0.331. The monoisotopic (exact) mass is 198 g/mol. The zero-order chi connectivity index (χ0) is 11.2. The standard InChI is InChI=1S/C12H22O2/c1-6-11(13)14-9-12(4,5)8-7-10(2)3/h6,10H,1,7-9H2,2-5H3. The van der Waals surface area contributed by atoms with Gasteiger partial charge in [0.2, 0.25) is 0 Å². The van der Waals surface area contributed by atoms with Crippen molar-refractivity contribution in [2.45, 2.75) is 40.5 Å². The zero-order valence-electron chi connectivity index (χ0n) is 9.80. The molecule has 0 amide bonds. The van der Waals surface area contributed by atoms with Crippen LogP contribution in [0.2, 0.25) is 0 Å². The number of rotatable bonds is 6. The van der Waals surface area contributed by atoms with Crippen LogP contribution in [0.3, 0.4) is 0 Å². The molecule has 0 spiro atoms. The van der Waals surface area contributed by atoms with Gasteiger partial charge in [0.15, 0.2) is 0 Å². The molecular weight excluding hydrogens is 176 g/mol. The van der Waals surface area contributed by atoms with E-state index in [9.17, 15) is 4.79 Å². The van der Waals surface area contributed by atoms with Crippen LogP contribution in [-0.2, 0) is 9.53 Å². The Balaban J connectivity index is 3.82. The maximum absolute atomic E-state index is 10.9. The molecule has 2 nitrogen and oxygen atoms in total.